The third-order valence-corrected chi connectivity index (χ3v) is 14.4. The van der Waals surface area contributed by atoms with Gasteiger partial charge in [0, 0.05) is 45.2 Å². The van der Waals surface area contributed by atoms with Crippen LogP contribution >= 0.6 is 0 Å². The minimum absolute atomic E-state index is 0.282. The lowest BCUT2D eigenvalue weighted by atomic mass is 9.61. The highest BCUT2D eigenvalue weighted by Gasteiger charge is 2.55. The minimum atomic E-state index is -0.286. The smallest absolute Gasteiger partial charge is 0.0537 e. The molecule has 63 heavy (non-hydrogen) atoms. The van der Waals surface area contributed by atoms with Crippen LogP contribution in [0.2, 0.25) is 0 Å². The topological polar surface area (TPSA) is 8.17 Å². The molecule has 0 amide bonds. The average Bonchev–Trinajstić information content (AvgIpc) is 3.86. The Hall–Kier alpha value is -7.42. The van der Waals surface area contributed by atoms with Crippen molar-refractivity contribution in [2.45, 2.75) is 36.5 Å². The lowest BCUT2D eigenvalue weighted by Crippen LogP contribution is -2.38. The van der Waals surface area contributed by atoms with Gasteiger partial charge in [0.25, 0.3) is 0 Å². The molecule has 12 rings (SSSR count). The first kappa shape index (κ1) is 37.4. The molecule has 2 heteroatoms. The number of hydrogen-bond acceptors (Lipinski definition) is 1. The zero-order valence-electron chi connectivity index (χ0n) is 35.3. The fourth-order valence-electron chi connectivity index (χ4n) is 11.6. The van der Waals surface area contributed by atoms with Crippen LogP contribution in [-0.4, -0.2) is 4.57 Å². The van der Waals surface area contributed by atoms with E-state index < -0.39 is 0 Å². The van der Waals surface area contributed by atoms with Crippen LogP contribution in [-0.2, 0) is 11.8 Å². The van der Waals surface area contributed by atoms with E-state index in [-0.39, 0.29) is 11.3 Å². The van der Waals surface area contributed by atoms with Gasteiger partial charge in [0.05, 0.1) is 5.52 Å². The maximum Gasteiger partial charge on any atom is 0.0537 e. The van der Waals surface area contributed by atoms with Crippen LogP contribution in [0.5, 0.6) is 0 Å². The molecule has 0 spiro atoms. The Labute approximate surface area is 370 Å². The maximum atomic E-state index is 2.56. The van der Waals surface area contributed by atoms with Crippen molar-refractivity contribution in [3.63, 3.8) is 0 Å². The maximum absolute atomic E-state index is 2.56. The molecule has 0 radical (unpaired) electrons. The van der Waals surface area contributed by atoms with E-state index in [9.17, 15) is 0 Å². The largest absolute Gasteiger partial charge is 0.315 e. The molecule has 3 atom stereocenters. The molecular weight excluding hydrogens is 761 g/mol. The van der Waals surface area contributed by atoms with Crippen LogP contribution in [0.15, 0.2) is 236 Å². The number of para-hydroxylation sites is 2. The Bertz CT molecular complexity index is 3080. The molecule has 0 fully saturated rings. The highest BCUT2D eigenvalue weighted by atomic mass is 15.2. The van der Waals surface area contributed by atoms with Crippen LogP contribution in [0.4, 0.5) is 11.4 Å². The average molecular weight is 809 g/mol. The Morgan fingerprint density at radius 2 is 1.08 bits per heavy atom. The summed E-state index contributed by atoms with van der Waals surface area (Å²) in [7, 11) is 0. The number of benzene rings is 8. The van der Waals surface area contributed by atoms with Gasteiger partial charge in [-0.2, -0.15) is 0 Å². The van der Waals surface area contributed by atoms with Gasteiger partial charge in [-0.1, -0.05) is 188 Å². The summed E-state index contributed by atoms with van der Waals surface area (Å²) < 4.78 is 2.43. The summed E-state index contributed by atoms with van der Waals surface area (Å²) in [5.41, 5.74) is 18.1. The molecule has 1 heterocycles. The lowest BCUT2D eigenvalue weighted by Gasteiger charge is -2.43. The van der Waals surface area contributed by atoms with Gasteiger partial charge in [-0.05, 0) is 124 Å². The number of anilines is 2. The zero-order valence-corrected chi connectivity index (χ0v) is 35.3. The SMILES string of the molecule is C1=C[C@@H](c2ccc(N(C3=CCC4c5ccccc5C(c5ccccc5)(c5ccccc5)[C@@H]4C3)c3ccc(-c4ccccc4)cc3)cc2)Cc2c1n(-c1ccccc1)c1ccccc21. The van der Waals surface area contributed by atoms with E-state index in [4.69, 9.17) is 0 Å². The van der Waals surface area contributed by atoms with Crippen molar-refractivity contribution >= 4 is 28.4 Å². The molecule has 3 aliphatic rings. The number of rotatable bonds is 8. The van der Waals surface area contributed by atoms with Gasteiger partial charge in [-0.25, -0.2) is 0 Å². The number of hydrogen-bond donors (Lipinski definition) is 0. The van der Waals surface area contributed by atoms with Gasteiger partial charge in [0.1, 0.15) is 0 Å². The molecule has 8 aromatic carbocycles. The minimum Gasteiger partial charge on any atom is -0.315 e. The Balaban J connectivity index is 0.942. The van der Waals surface area contributed by atoms with Crippen molar-refractivity contribution in [1.82, 2.24) is 4.57 Å². The molecular formula is C61H48N2. The normalized spacial score (nSPS) is 18.3. The van der Waals surface area contributed by atoms with Gasteiger partial charge in [-0.3, -0.25) is 0 Å². The van der Waals surface area contributed by atoms with Crippen molar-refractivity contribution in [3.8, 4) is 16.8 Å². The Kier molecular flexibility index (Phi) is 9.18. The number of aromatic nitrogens is 1. The Morgan fingerprint density at radius 3 is 1.78 bits per heavy atom. The molecule has 0 saturated heterocycles. The highest BCUT2D eigenvalue weighted by Crippen LogP contribution is 2.62. The second-order valence-electron chi connectivity index (χ2n) is 17.5. The summed E-state index contributed by atoms with van der Waals surface area (Å²) in [6.45, 7) is 0. The van der Waals surface area contributed by atoms with Crippen molar-refractivity contribution in [2.75, 3.05) is 4.90 Å². The van der Waals surface area contributed by atoms with Gasteiger partial charge >= 0.3 is 0 Å². The first-order valence-electron chi connectivity index (χ1n) is 22.6. The third-order valence-electron chi connectivity index (χ3n) is 14.4. The molecule has 9 aromatic rings. The van der Waals surface area contributed by atoms with E-state index >= 15 is 0 Å². The fourth-order valence-corrected chi connectivity index (χ4v) is 11.6. The lowest BCUT2D eigenvalue weighted by molar-refractivity contribution is 0.330. The number of fused-ring (bicyclic) bond motifs is 6. The van der Waals surface area contributed by atoms with Crippen LogP contribution in [0.3, 0.4) is 0 Å². The van der Waals surface area contributed by atoms with E-state index in [2.05, 4.69) is 246 Å². The molecule has 3 aliphatic carbocycles. The fraction of sp³-hybridized carbons (Fsp3) is 0.115. The summed E-state index contributed by atoms with van der Waals surface area (Å²) in [4.78, 5) is 2.56. The highest BCUT2D eigenvalue weighted by molar-refractivity contribution is 5.91. The molecule has 1 aromatic heterocycles. The molecule has 0 aliphatic heterocycles. The van der Waals surface area contributed by atoms with E-state index in [0.29, 0.717) is 11.8 Å². The summed E-state index contributed by atoms with van der Waals surface area (Å²) in [6.07, 6.45) is 10.2. The molecule has 302 valence electrons. The number of allylic oxidation sites excluding steroid dienone is 3. The van der Waals surface area contributed by atoms with Gasteiger partial charge < -0.3 is 9.47 Å². The second-order valence-corrected chi connectivity index (χ2v) is 17.5. The van der Waals surface area contributed by atoms with Crippen LogP contribution < -0.4 is 4.90 Å². The van der Waals surface area contributed by atoms with Crippen molar-refractivity contribution < 1.29 is 0 Å². The summed E-state index contributed by atoms with van der Waals surface area (Å²) in [5, 5.41) is 1.34. The third kappa shape index (κ3) is 6.15. The van der Waals surface area contributed by atoms with Gasteiger partial charge in [0.2, 0.25) is 0 Å². The van der Waals surface area contributed by atoms with Crippen molar-refractivity contribution in [1.29, 1.82) is 0 Å². The van der Waals surface area contributed by atoms with Gasteiger partial charge in [0.15, 0.2) is 0 Å². The van der Waals surface area contributed by atoms with Gasteiger partial charge in [-0.15, -0.1) is 0 Å². The molecule has 0 bridgehead atoms. The molecule has 0 saturated carbocycles. The monoisotopic (exact) mass is 808 g/mol. The van der Waals surface area contributed by atoms with E-state index in [0.717, 1.165) is 19.3 Å². The second kappa shape index (κ2) is 15.5. The predicted molar refractivity (Wildman–Crippen MR) is 262 cm³/mol. The van der Waals surface area contributed by atoms with Crippen molar-refractivity contribution in [2.24, 2.45) is 5.92 Å². The van der Waals surface area contributed by atoms with E-state index in [1.807, 2.05) is 0 Å². The first-order valence-corrected chi connectivity index (χ1v) is 22.6. The summed E-state index contributed by atoms with van der Waals surface area (Å²) in [5.74, 6) is 1.01. The number of nitrogens with zero attached hydrogens (tertiary/aromatic N) is 2. The molecule has 1 unspecified atom stereocenters. The van der Waals surface area contributed by atoms with E-state index in [1.165, 1.54) is 83.9 Å². The zero-order chi connectivity index (χ0) is 41.7. The van der Waals surface area contributed by atoms with Crippen LogP contribution in [0.25, 0.3) is 33.8 Å². The summed E-state index contributed by atoms with van der Waals surface area (Å²) in [6, 6.07) is 81.1. The summed E-state index contributed by atoms with van der Waals surface area (Å²) >= 11 is 0. The van der Waals surface area contributed by atoms with E-state index in [1.54, 1.807) is 0 Å². The predicted octanol–water partition coefficient (Wildman–Crippen LogP) is 15.2. The molecule has 0 N–H and O–H groups in total. The van der Waals surface area contributed by atoms with Crippen molar-refractivity contribution in [3.05, 3.63) is 275 Å². The standard InChI is InChI=1S/C61H48N2/c1-5-17-43(18-6-1)44-29-34-50(35-30-44)62(51-36-31-45(32-37-51)46-33-40-60-56(41-46)55-26-14-16-28-59(55)63(60)49-23-11-4-12-24-49)52-38-39-54-53-25-13-15-27-57(53)61(58(54)42-52,47-19-7-2-8-20-47)48-21-9-3-10-22-48/h1-38,40,46,54,58H,39,41-42H2/t46-,54?,58-/m1/s1. The first-order chi connectivity index (χ1) is 31.3. The van der Waals surface area contributed by atoms with Crippen LogP contribution in [0.1, 0.15) is 63.8 Å². The quantitative estimate of drug-likeness (QED) is 0.148. The Morgan fingerprint density at radius 1 is 0.508 bits per heavy atom. The van der Waals surface area contributed by atoms with Crippen LogP contribution in [0, 0.1) is 5.92 Å². The molecule has 2 nitrogen and oxygen atoms in total.